The minimum absolute atomic E-state index is 0.287. The van der Waals surface area contributed by atoms with Gasteiger partial charge in [0, 0.05) is 6.26 Å². The molecule has 0 aliphatic carbocycles. The summed E-state index contributed by atoms with van der Waals surface area (Å²) in [6.07, 6.45) is 2.72. The predicted molar refractivity (Wildman–Crippen MR) is 110 cm³/mol. The van der Waals surface area contributed by atoms with Crippen LogP contribution in [-0.4, -0.2) is 24.6 Å². The molecule has 4 rings (SSSR count). The van der Waals surface area contributed by atoms with Crippen LogP contribution in [0.1, 0.15) is 0 Å². The molecule has 0 radical (unpaired) electrons. The van der Waals surface area contributed by atoms with Gasteiger partial charge in [0.1, 0.15) is 11.3 Å². The molecule has 1 heterocycles. The van der Waals surface area contributed by atoms with Crippen LogP contribution in [0.4, 0.5) is 0 Å². The Kier molecular flexibility index (Phi) is 4.75. The summed E-state index contributed by atoms with van der Waals surface area (Å²) in [7, 11) is -3.25. The van der Waals surface area contributed by atoms with E-state index in [4.69, 9.17) is 16.3 Å². The monoisotopic (exact) mass is 410 g/mol. The number of hydrogen-bond donors (Lipinski definition) is 0. The van der Waals surface area contributed by atoms with Crippen molar-refractivity contribution >= 4 is 32.5 Å². The molecule has 0 unspecified atom stereocenters. The van der Waals surface area contributed by atoms with Crippen LogP contribution in [-0.2, 0) is 9.84 Å². The molecule has 0 saturated heterocycles. The van der Waals surface area contributed by atoms with Crippen molar-refractivity contribution in [2.24, 2.45) is 0 Å². The molecule has 0 atom stereocenters. The molecule has 0 saturated carbocycles. The predicted octanol–water partition coefficient (Wildman–Crippen LogP) is 5.15. The fourth-order valence-electron chi connectivity index (χ4n) is 2.78. The van der Waals surface area contributed by atoms with Gasteiger partial charge < -0.3 is 4.74 Å². The molecule has 0 aliphatic heterocycles. The zero-order chi connectivity index (χ0) is 19.7. The first kappa shape index (κ1) is 18.4. The Morgan fingerprint density at radius 1 is 0.929 bits per heavy atom. The molecule has 3 aromatic carbocycles. The van der Waals surface area contributed by atoms with E-state index in [9.17, 15) is 8.42 Å². The number of fused-ring (bicyclic) bond motifs is 1. The van der Waals surface area contributed by atoms with E-state index in [1.165, 1.54) is 12.5 Å². The summed E-state index contributed by atoms with van der Waals surface area (Å²) >= 11 is 6.10. The highest BCUT2D eigenvalue weighted by atomic mass is 35.5. The van der Waals surface area contributed by atoms with Crippen LogP contribution in [0.5, 0.6) is 11.6 Å². The maximum atomic E-state index is 11.7. The number of benzene rings is 3. The zero-order valence-corrected chi connectivity index (χ0v) is 16.4. The second-order valence-corrected chi connectivity index (χ2v) is 8.67. The summed E-state index contributed by atoms with van der Waals surface area (Å²) in [6.45, 7) is 0. The van der Waals surface area contributed by atoms with Gasteiger partial charge in [0.15, 0.2) is 9.84 Å². The second-order valence-electron chi connectivity index (χ2n) is 6.24. The van der Waals surface area contributed by atoms with Crippen molar-refractivity contribution in [3.8, 4) is 22.8 Å². The maximum absolute atomic E-state index is 11.7. The molecule has 0 bridgehead atoms. The molecule has 140 valence electrons. The van der Waals surface area contributed by atoms with Gasteiger partial charge in [-0.15, -0.1) is 0 Å². The number of para-hydroxylation sites is 1. The van der Waals surface area contributed by atoms with Crippen molar-refractivity contribution < 1.29 is 13.2 Å². The number of halogens is 1. The average molecular weight is 411 g/mol. The summed E-state index contributed by atoms with van der Waals surface area (Å²) in [5.41, 5.74) is 2.97. The molecular weight excluding hydrogens is 396 g/mol. The largest absolute Gasteiger partial charge is 0.437 e. The van der Waals surface area contributed by atoms with E-state index in [1.54, 1.807) is 36.4 Å². The number of aromatic nitrogens is 2. The smallest absolute Gasteiger partial charge is 0.238 e. The average Bonchev–Trinajstić information content (AvgIpc) is 2.68. The zero-order valence-electron chi connectivity index (χ0n) is 14.8. The van der Waals surface area contributed by atoms with Gasteiger partial charge in [0.25, 0.3) is 0 Å². The minimum atomic E-state index is -3.25. The number of ether oxygens (including phenoxy) is 1. The van der Waals surface area contributed by atoms with Crippen LogP contribution in [0.2, 0.25) is 5.02 Å². The van der Waals surface area contributed by atoms with E-state index in [-0.39, 0.29) is 4.90 Å². The van der Waals surface area contributed by atoms with E-state index in [0.29, 0.717) is 27.7 Å². The van der Waals surface area contributed by atoms with Crippen LogP contribution in [0.25, 0.3) is 22.2 Å². The van der Waals surface area contributed by atoms with E-state index < -0.39 is 9.84 Å². The van der Waals surface area contributed by atoms with Crippen LogP contribution in [0.3, 0.4) is 0 Å². The summed E-state index contributed by atoms with van der Waals surface area (Å²) in [5.74, 6) is 0.959. The Hall–Kier alpha value is -2.96. The van der Waals surface area contributed by atoms with Gasteiger partial charge in [-0.2, -0.15) is 0 Å². The van der Waals surface area contributed by atoms with Crippen LogP contribution < -0.4 is 4.74 Å². The molecule has 0 amide bonds. The highest BCUT2D eigenvalue weighted by molar-refractivity contribution is 7.90. The van der Waals surface area contributed by atoms with Gasteiger partial charge in [-0.1, -0.05) is 41.9 Å². The quantitative estimate of drug-likeness (QED) is 0.465. The molecule has 0 spiro atoms. The number of hydrogen-bond acceptors (Lipinski definition) is 5. The van der Waals surface area contributed by atoms with Gasteiger partial charge in [0.2, 0.25) is 5.88 Å². The number of nitrogens with zero attached hydrogens (tertiary/aromatic N) is 2. The molecule has 5 nitrogen and oxygen atoms in total. The standard InChI is InChI=1S/C21H15ClN2O3S/c1-28(25,26)17-5-2-4-15(12-17)14-8-10-16(11-9-14)27-20-13-23-21-18(22)6-3-7-19(21)24-20/h2-13H,1H3. The number of rotatable bonds is 4. The van der Waals surface area contributed by atoms with Gasteiger partial charge in [-0.3, -0.25) is 0 Å². The second kappa shape index (κ2) is 7.22. The SMILES string of the molecule is CS(=O)(=O)c1cccc(-c2ccc(Oc3cnc4c(Cl)cccc4n3)cc2)c1. The first-order valence-electron chi connectivity index (χ1n) is 8.40. The summed E-state index contributed by atoms with van der Waals surface area (Å²) < 4.78 is 29.3. The molecule has 0 N–H and O–H groups in total. The minimum Gasteiger partial charge on any atom is -0.437 e. The Morgan fingerprint density at radius 2 is 1.68 bits per heavy atom. The fourth-order valence-corrected chi connectivity index (χ4v) is 3.67. The third-order valence-corrected chi connectivity index (χ3v) is 5.59. The first-order valence-corrected chi connectivity index (χ1v) is 10.7. The highest BCUT2D eigenvalue weighted by Crippen LogP contribution is 2.28. The highest BCUT2D eigenvalue weighted by Gasteiger charge is 2.09. The van der Waals surface area contributed by atoms with Crippen LogP contribution >= 0.6 is 11.6 Å². The Balaban J connectivity index is 1.59. The van der Waals surface area contributed by atoms with E-state index in [1.807, 2.05) is 30.3 Å². The van der Waals surface area contributed by atoms with Crippen molar-refractivity contribution in [1.82, 2.24) is 9.97 Å². The Morgan fingerprint density at radius 3 is 2.43 bits per heavy atom. The molecule has 4 aromatic rings. The molecule has 1 aromatic heterocycles. The topological polar surface area (TPSA) is 69.2 Å². The van der Waals surface area contributed by atoms with Crippen molar-refractivity contribution in [2.75, 3.05) is 6.26 Å². The first-order chi connectivity index (χ1) is 13.4. The maximum Gasteiger partial charge on any atom is 0.238 e. The van der Waals surface area contributed by atoms with E-state index >= 15 is 0 Å². The van der Waals surface area contributed by atoms with Gasteiger partial charge in [0.05, 0.1) is 21.6 Å². The number of sulfone groups is 1. The third kappa shape index (κ3) is 3.83. The Bertz CT molecular complexity index is 1270. The molecule has 7 heteroatoms. The summed E-state index contributed by atoms with van der Waals surface area (Å²) in [6, 6.07) is 19.5. The molecule has 0 fully saturated rings. The molecule has 28 heavy (non-hydrogen) atoms. The lowest BCUT2D eigenvalue weighted by atomic mass is 10.1. The van der Waals surface area contributed by atoms with Crippen molar-refractivity contribution in [3.05, 3.63) is 77.9 Å². The van der Waals surface area contributed by atoms with Gasteiger partial charge >= 0.3 is 0 Å². The lowest BCUT2D eigenvalue weighted by Gasteiger charge is -2.08. The Labute approximate surface area is 167 Å². The van der Waals surface area contributed by atoms with Crippen LogP contribution in [0.15, 0.2) is 77.8 Å². The van der Waals surface area contributed by atoms with E-state index in [2.05, 4.69) is 9.97 Å². The third-order valence-electron chi connectivity index (χ3n) is 4.17. The fraction of sp³-hybridized carbons (Fsp3) is 0.0476. The van der Waals surface area contributed by atoms with Crippen molar-refractivity contribution in [2.45, 2.75) is 4.90 Å². The summed E-state index contributed by atoms with van der Waals surface area (Å²) in [4.78, 5) is 9.00. The summed E-state index contributed by atoms with van der Waals surface area (Å²) in [5, 5.41) is 0.539. The van der Waals surface area contributed by atoms with Gasteiger partial charge in [-0.05, 0) is 47.5 Å². The molecular formula is C21H15ClN2O3S. The van der Waals surface area contributed by atoms with Crippen molar-refractivity contribution in [1.29, 1.82) is 0 Å². The van der Waals surface area contributed by atoms with Gasteiger partial charge in [-0.25, -0.2) is 18.4 Å². The lowest BCUT2D eigenvalue weighted by molar-refractivity contribution is 0.463. The lowest BCUT2D eigenvalue weighted by Crippen LogP contribution is -1.96. The normalized spacial score (nSPS) is 11.5. The van der Waals surface area contributed by atoms with E-state index in [0.717, 1.165) is 11.1 Å². The molecule has 0 aliphatic rings. The van der Waals surface area contributed by atoms with Crippen molar-refractivity contribution in [3.63, 3.8) is 0 Å². The van der Waals surface area contributed by atoms with Crippen LogP contribution in [0, 0.1) is 0 Å².